The van der Waals surface area contributed by atoms with Crippen LogP contribution >= 0.6 is 0 Å². The molecule has 3 aliphatic heterocycles. The Morgan fingerprint density at radius 1 is 1.08 bits per heavy atom. The molecule has 2 N–H and O–H groups in total. The molecule has 3 aliphatic rings. The summed E-state index contributed by atoms with van der Waals surface area (Å²) in [6.07, 6.45) is 12.1. The van der Waals surface area contributed by atoms with Crippen LogP contribution in [0.4, 0.5) is 0 Å². The molecule has 6 nitrogen and oxygen atoms in total. The maximum atomic E-state index is 13.6. The number of fused-ring (bicyclic) bond motifs is 3. The minimum atomic E-state index is -0.757. The van der Waals surface area contributed by atoms with E-state index in [0.717, 1.165) is 25.7 Å². The van der Waals surface area contributed by atoms with E-state index in [1.807, 2.05) is 6.08 Å². The highest BCUT2D eigenvalue weighted by Crippen LogP contribution is 2.43. The van der Waals surface area contributed by atoms with Crippen molar-refractivity contribution in [2.24, 2.45) is 11.8 Å². The standard InChI is InChI=1S/C31H42O6/c1-19-7-6-8-24(18-32)27-16-29(33)22(4)14-28(27)30(34)35-26-15-25(10-9-20(2)13-19)37-31(17-26)12-11-21(3)23(5)36-31/h6-9,14,16,19,21,23,25-26,32-33H,10-13,15,17-18H2,1-5H3. The number of aliphatic hydroxyl groups is 1. The molecular weight excluding hydrogens is 468 g/mol. The van der Waals surface area contributed by atoms with Gasteiger partial charge in [0.25, 0.3) is 0 Å². The Balaban J connectivity index is 1.74. The fraction of sp³-hybridized carbons (Fsp3) is 0.581. The van der Waals surface area contributed by atoms with Crippen LogP contribution < -0.4 is 0 Å². The molecule has 2 bridgehead atoms. The Morgan fingerprint density at radius 3 is 2.59 bits per heavy atom. The molecule has 0 aromatic heterocycles. The molecular formula is C31H42O6. The Bertz CT molecular complexity index is 1090. The van der Waals surface area contributed by atoms with Crippen molar-refractivity contribution >= 4 is 11.5 Å². The van der Waals surface area contributed by atoms with Crippen molar-refractivity contribution in [1.29, 1.82) is 0 Å². The van der Waals surface area contributed by atoms with Gasteiger partial charge in [-0.3, -0.25) is 0 Å². The Labute approximate surface area is 221 Å². The summed E-state index contributed by atoms with van der Waals surface area (Å²) >= 11 is 0. The topological polar surface area (TPSA) is 85.2 Å². The first-order valence-electron chi connectivity index (χ1n) is 13.6. The molecule has 3 heterocycles. The summed E-state index contributed by atoms with van der Waals surface area (Å²) in [4.78, 5) is 13.6. The fourth-order valence-corrected chi connectivity index (χ4v) is 5.72. The van der Waals surface area contributed by atoms with Crippen LogP contribution in [-0.2, 0) is 14.2 Å². The second-order valence-corrected chi connectivity index (χ2v) is 11.3. The van der Waals surface area contributed by atoms with Crippen molar-refractivity contribution in [3.05, 3.63) is 58.7 Å². The van der Waals surface area contributed by atoms with Crippen LogP contribution in [0.2, 0.25) is 0 Å². The van der Waals surface area contributed by atoms with E-state index in [4.69, 9.17) is 14.2 Å². The van der Waals surface area contributed by atoms with Gasteiger partial charge in [0.05, 0.1) is 24.4 Å². The number of hydrogen-bond acceptors (Lipinski definition) is 6. The smallest absolute Gasteiger partial charge is 0.339 e. The summed E-state index contributed by atoms with van der Waals surface area (Å²) < 4.78 is 19.2. The number of phenols is 1. The highest BCUT2D eigenvalue weighted by Gasteiger charge is 2.47. The quantitative estimate of drug-likeness (QED) is 0.343. The lowest BCUT2D eigenvalue weighted by atomic mass is 9.86. The summed E-state index contributed by atoms with van der Waals surface area (Å²) in [5.74, 6) is -0.406. The Kier molecular flexibility index (Phi) is 8.62. The lowest BCUT2D eigenvalue weighted by Crippen LogP contribution is -2.53. The minimum Gasteiger partial charge on any atom is -0.508 e. The molecule has 1 aromatic carbocycles. The largest absolute Gasteiger partial charge is 0.508 e. The minimum absolute atomic E-state index is 0.0650. The van der Waals surface area contributed by atoms with Gasteiger partial charge in [-0.1, -0.05) is 43.7 Å². The second kappa shape index (κ2) is 11.5. The zero-order chi connectivity index (χ0) is 26.7. The molecule has 4 rings (SSSR count). The fourth-order valence-electron chi connectivity index (χ4n) is 5.72. The molecule has 0 aliphatic carbocycles. The van der Waals surface area contributed by atoms with Gasteiger partial charge < -0.3 is 24.4 Å². The third-order valence-corrected chi connectivity index (χ3v) is 8.08. The first kappa shape index (κ1) is 27.6. The van der Waals surface area contributed by atoms with E-state index in [2.05, 4.69) is 39.8 Å². The lowest BCUT2D eigenvalue weighted by molar-refractivity contribution is -0.331. The van der Waals surface area contributed by atoms with Crippen LogP contribution in [0.1, 0.15) is 87.7 Å². The van der Waals surface area contributed by atoms with E-state index < -0.39 is 11.8 Å². The molecule has 1 spiro atoms. The number of aryl methyl sites for hydroxylation is 1. The second-order valence-electron chi connectivity index (χ2n) is 11.3. The zero-order valence-corrected chi connectivity index (χ0v) is 22.8. The summed E-state index contributed by atoms with van der Waals surface area (Å²) in [5, 5.41) is 20.6. The summed E-state index contributed by atoms with van der Waals surface area (Å²) in [5.41, 5.74) is 3.22. The molecule has 6 heteroatoms. The number of ether oxygens (including phenoxy) is 3. The van der Waals surface area contributed by atoms with Crippen molar-refractivity contribution in [3.8, 4) is 5.75 Å². The van der Waals surface area contributed by atoms with Gasteiger partial charge in [0.2, 0.25) is 0 Å². The molecule has 6 atom stereocenters. The van der Waals surface area contributed by atoms with Gasteiger partial charge in [0.15, 0.2) is 5.79 Å². The summed E-state index contributed by atoms with van der Waals surface area (Å²) in [6.45, 7) is 10.1. The molecule has 0 radical (unpaired) electrons. The van der Waals surface area contributed by atoms with Gasteiger partial charge in [0, 0.05) is 19.3 Å². The van der Waals surface area contributed by atoms with E-state index in [9.17, 15) is 15.0 Å². The molecule has 1 aromatic rings. The number of allylic oxidation sites excluding steroid dienone is 4. The van der Waals surface area contributed by atoms with Crippen LogP contribution in [0.5, 0.6) is 5.75 Å². The predicted octanol–water partition coefficient (Wildman–Crippen LogP) is 6.24. The SMILES string of the molecule is CC1=CCC2CC(CC3(CCC(C)C(C)O3)O2)OC(=O)c2cc(C)c(O)cc2C(CO)=CC=CC(C)C1. The van der Waals surface area contributed by atoms with Crippen molar-refractivity contribution in [1.82, 2.24) is 0 Å². The van der Waals surface area contributed by atoms with Crippen molar-refractivity contribution in [3.63, 3.8) is 0 Å². The van der Waals surface area contributed by atoms with Crippen molar-refractivity contribution < 1.29 is 29.2 Å². The molecule has 2 fully saturated rings. The average molecular weight is 511 g/mol. The number of phenolic OH excluding ortho intramolecular Hbond substituents is 1. The summed E-state index contributed by atoms with van der Waals surface area (Å²) in [6, 6.07) is 3.19. The van der Waals surface area contributed by atoms with Gasteiger partial charge in [-0.05, 0) is 80.7 Å². The summed E-state index contributed by atoms with van der Waals surface area (Å²) in [7, 11) is 0. The van der Waals surface area contributed by atoms with Crippen molar-refractivity contribution in [2.45, 2.75) is 97.2 Å². The monoisotopic (exact) mass is 510 g/mol. The van der Waals surface area contributed by atoms with Gasteiger partial charge in [-0.25, -0.2) is 4.79 Å². The molecule has 2 saturated heterocycles. The van der Waals surface area contributed by atoms with Crippen LogP contribution in [-0.4, -0.2) is 46.9 Å². The van der Waals surface area contributed by atoms with Gasteiger partial charge in [0.1, 0.15) is 11.9 Å². The average Bonchev–Trinajstić information content (AvgIpc) is 2.84. The Morgan fingerprint density at radius 2 is 1.86 bits per heavy atom. The third kappa shape index (κ3) is 6.54. The first-order valence-corrected chi connectivity index (χ1v) is 13.6. The molecule has 0 amide bonds. The van der Waals surface area contributed by atoms with Crippen LogP contribution in [0, 0.1) is 18.8 Å². The predicted molar refractivity (Wildman–Crippen MR) is 144 cm³/mol. The van der Waals surface area contributed by atoms with Crippen LogP contribution in [0.25, 0.3) is 5.57 Å². The van der Waals surface area contributed by atoms with Crippen LogP contribution in [0.3, 0.4) is 0 Å². The number of carbonyl (C=O) groups excluding carboxylic acids is 1. The Hall–Kier alpha value is -2.41. The van der Waals surface area contributed by atoms with Gasteiger partial charge in [-0.2, -0.15) is 0 Å². The molecule has 0 saturated carbocycles. The number of rotatable bonds is 1. The van der Waals surface area contributed by atoms with E-state index in [1.165, 1.54) is 5.57 Å². The molecule has 202 valence electrons. The zero-order valence-electron chi connectivity index (χ0n) is 22.8. The number of hydrogen-bond donors (Lipinski definition) is 2. The third-order valence-electron chi connectivity index (χ3n) is 8.08. The number of esters is 1. The number of aliphatic hydroxyl groups excluding tert-OH is 1. The maximum absolute atomic E-state index is 13.6. The van der Waals surface area contributed by atoms with Crippen molar-refractivity contribution in [2.75, 3.05) is 6.61 Å². The highest BCUT2D eigenvalue weighted by atomic mass is 16.7. The number of carbonyl (C=O) groups is 1. The highest BCUT2D eigenvalue weighted by molar-refractivity contribution is 5.96. The lowest BCUT2D eigenvalue weighted by Gasteiger charge is -2.49. The van der Waals surface area contributed by atoms with E-state index >= 15 is 0 Å². The number of benzene rings is 1. The molecule has 6 unspecified atom stereocenters. The first-order chi connectivity index (χ1) is 17.6. The van der Waals surface area contributed by atoms with Gasteiger partial charge in [-0.15, -0.1) is 0 Å². The number of aromatic hydroxyl groups is 1. The van der Waals surface area contributed by atoms with Crippen LogP contribution in [0.15, 0.2) is 42.0 Å². The normalized spacial score (nSPS) is 33.4. The van der Waals surface area contributed by atoms with Gasteiger partial charge >= 0.3 is 5.97 Å². The molecule has 37 heavy (non-hydrogen) atoms. The maximum Gasteiger partial charge on any atom is 0.339 e. The van der Waals surface area contributed by atoms with E-state index in [1.54, 1.807) is 25.1 Å². The van der Waals surface area contributed by atoms with E-state index in [-0.39, 0.29) is 30.7 Å². The van der Waals surface area contributed by atoms with E-state index in [0.29, 0.717) is 46.9 Å².